The van der Waals surface area contributed by atoms with Gasteiger partial charge in [0.15, 0.2) is 0 Å². The molecule has 2 N–H and O–H groups in total. The van der Waals surface area contributed by atoms with Gasteiger partial charge in [0.1, 0.15) is 0 Å². The molecule has 27 heavy (non-hydrogen) atoms. The lowest BCUT2D eigenvalue weighted by atomic mass is 10.0. The molecule has 0 spiro atoms. The number of thiophene rings is 1. The van der Waals surface area contributed by atoms with Crippen LogP contribution < -0.4 is 5.32 Å². The summed E-state index contributed by atoms with van der Waals surface area (Å²) in [5.74, 6) is -0.774. The molecule has 2 aromatic carbocycles. The standard InChI is InChI=1S/C21H19NO4S/c1-26-21(25)17-8-6-16(7-9-17)20(24)22-12-19(23)15-4-2-14(3-5-15)18-10-11-27-13-18/h2-11,13,19,23H,12H2,1H3,(H,22,24)/t19-/m0/s1. The van der Waals surface area contributed by atoms with Gasteiger partial charge in [0.05, 0.1) is 18.8 Å². The van der Waals surface area contributed by atoms with Gasteiger partial charge in [-0.15, -0.1) is 0 Å². The van der Waals surface area contributed by atoms with Gasteiger partial charge < -0.3 is 15.2 Å². The predicted molar refractivity (Wildman–Crippen MR) is 105 cm³/mol. The van der Waals surface area contributed by atoms with Crippen LogP contribution in [-0.4, -0.2) is 30.6 Å². The monoisotopic (exact) mass is 381 g/mol. The third kappa shape index (κ3) is 4.61. The minimum atomic E-state index is -0.806. The van der Waals surface area contributed by atoms with Gasteiger partial charge in [-0.25, -0.2) is 4.79 Å². The van der Waals surface area contributed by atoms with Crippen molar-refractivity contribution in [2.24, 2.45) is 0 Å². The second-order valence-corrected chi connectivity index (χ2v) is 6.71. The number of rotatable bonds is 6. The van der Waals surface area contributed by atoms with E-state index in [0.717, 1.165) is 16.7 Å². The molecule has 0 saturated heterocycles. The smallest absolute Gasteiger partial charge is 0.337 e. The number of nitrogens with one attached hydrogen (secondary N) is 1. The van der Waals surface area contributed by atoms with E-state index in [0.29, 0.717) is 11.1 Å². The van der Waals surface area contributed by atoms with Crippen LogP contribution in [0, 0.1) is 0 Å². The van der Waals surface area contributed by atoms with Crippen LogP contribution in [0.2, 0.25) is 0 Å². The highest BCUT2D eigenvalue weighted by molar-refractivity contribution is 7.08. The summed E-state index contributed by atoms with van der Waals surface area (Å²) >= 11 is 1.64. The minimum absolute atomic E-state index is 0.0926. The highest BCUT2D eigenvalue weighted by Crippen LogP contribution is 2.24. The Bertz CT molecular complexity index is 902. The van der Waals surface area contributed by atoms with Gasteiger partial charge in [-0.3, -0.25) is 4.79 Å². The molecule has 0 aliphatic carbocycles. The van der Waals surface area contributed by atoms with Crippen molar-refractivity contribution >= 4 is 23.2 Å². The Balaban J connectivity index is 1.57. The van der Waals surface area contributed by atoms with E-state index in [-0.39, 0.29) is 12.5 Å². The van der Waals surface area contributed by atoms with Crippen molar-refractivity contribution in [3.63, 3.8) is 0 Å². The van der Waals surface area contributed by atoms with Crippen LogP contribution in [-0.2, 0) is 4.74 Å². The fourth-order valence-electron chi connectivity index (χ4n) is 2.61. The van der Waals surface area contributed by atoms with Crippen LogP contribution in [0.5, 0.6) is 0 Å². The van der Waals surface area contributed by atoms with E-state index in [1.54, 1.807) is 23.5 Å². The first kappa shape index (κ1) is 18.8. The number of aliphatic hydroxyl groups excluding tert-OH is 1. The fraction of sp³-hybridized carbons (Fsp3) is 0.143. The zero-order valence-electron chi connectivity index (χ0n) is 14.7. The van der Waals surface area contributed by atoms with Crippen molar-refractivity contribution in [3.8, 4) is 11.1 Å². The number of amides is 1. The first-order chi connectivity index (χ1) is 13.1. The number of carbonyl (C=O) groups is 2. The summed E-state index contributed by atoms with van der Waals surface area (Å²) in [6, 6.07) is 15.8. The normalized spacial score (nSPS) is 11.6. The van der Waals surface area contributed by atoms with E-state index in [2.05, 4.69) is 15.4 Å². The number of hydrogen-bond acceptors (Lipinski definition) is 5. The molecule has 1 amide bonds. The summed E-state index contributed by atoms with van der Waals surface area (Å²) in [4.78, 5) is 23.6. The van der Waals surface area contributed by atoms with Gasteiger partial charge in [-0.2, -0.15) is 11.3 Å². The molecule has 3 aromatic rings. The molecule has 1 heterocycles. The molecule has 0 unspecified atom stereocenters. The Kier molecular flexibility index (Phi) is 6.01. The highest BCUT2D eigenvalue weighted by atomic mass is 32.1. The van der Waals surface area contributed by atoms with E-state index >= 15 is 0 Å². The number of methoxy groups -OCH3 is 1. The number of esters is 1. The fourth-order valence-corrected chi connectivity index (χ4v) is 3.28. The van der Waals surface area contributed by atoms with E-state index in [9.17, 15) is 14.7 Å². The van der Waals surface area contributed by atoms with Gasteiger partial charge in [-0.1, -0.05) is 24.3 Å². The van der Waals surface area contributed by atoms with Crippen LogP contribution in [0.4, 0.5) is 0 Å². The molecule has 0 bridgehead atoms. The molecule has 0 aliphatic rings. The Morgan fingerprint density at radius 3 is 2.26 bits per heavy atom. The quantitative estimate of drug-likeness (QED) is 0.639. The zero-order chi connectivity index (χ0) is 19.2. The van der Waals surface area contributed by atoms with Crippen molar-refractivity contribution in [1.29, 1.82) is 0 Å². The van der Waals surface area contributed by atoms with Crippen molar-refractivity contribution in [2.75, 3.05) is 13.7 Å². The molecule has 3 rings (SSSR count). The Morgan fingerprint density at radius 2 is 1.67 bits per heavy atom. The maximum atomic E-state index is 12.2. The van der Waals surface area contributed by atoms with Crippen molar-refractivity contribution in [1.82, 2.24) is 5.32 Å². The summed E-state index contributed by atoms with van der Waals surface area (Å²) in [6.07, 6.45) is -0.806. The average molecular weight is 381 g/mol. The van der Waals surface area contributed by atoms with Crippen LogP contribution in [0.25, 0.3) is 11.1 Å². The lowest BCUT2D eigenvalue weighted by molar-refractivity contribution is 0.0600. The van der Waals surface area contributed by atoms with Crippen LogP contribution >= 0.6 is 11.3 Å². The molecular formula is C21H19NO4S. The van der Waals surface area contributed by atoms with E-state index in [4.69, 9.17) is 0 Å². The summed E-state index contributed by atoms with van der Waals surface area (Å²) in [6.45, 7) is 0.0926. The molecule has 0 fully saturated rings. The van der Waals surface area contributed by atoms with Gasteiger partial charge in [0, 0.05) is 12.1 Å². The van der Waals surface area contributed by atoms with Crippen molar-refractivity contribution in [3.05, 3.63) is 82.0 Å². The molecule has 1 aromatic heterocycles. The lowest BCUT2D eigenvalue weighted by Gasteiger charge is -2.13. The van der Waals surface area contributed by atoms with Crippen LogP contribution in [0.15, 0.2) is 65.4 Å². The molecule has 1 atom stereocenters. The lowest BCUT2D eigenvalue weighted by Crippen LogP contribution is -2.28. The van der Waals surface area contributed by atoms with E-state index < -0.39 is 12.1 Å². The Morgan fingerprint density at radius 1 is 1.00 bits per heavy atom. The van der Waals surface area contributed by atoms with E-state index in [1.807, 2.05) is 35.7 Å². The maximum Gasteiger partial charge on any atom is 0.337 e. The topological polar surface area (TPSA) is 75.6 Å². The number of ether oxygens (including phenoxy) is 1. The Labute approximate surface area is 161 Å². The molecule has 0 aliphatic heterocycles. The van der Waals surface area contributed by atoms with Crippen LogP contribution in [0.1, 0.15) is 32.4 Å². The Hall–Kier alpha value is -2.96. The number of aliphatic hydroxyl groups is 1. The number of hydrogen-bond donors (Lipinski definition) is 2. The van der Waals surface area contributed by atoms with Crippen LogP contribution in [0.3, 0.4) is 0 Å². The molecular weight excluding hydrogens is 362 g/mol. The molecule has 0 radical (unpaired) electrons. The molecule has 6 heteroatoms. The molecule has 0 saturated carbocycles. The number of benzene rings is 2. The first-order valence-electron chi connectivity index (χ1n) is 8.35. The molecule has 5 nitrogen and oxygen atoms in total. The first-order valence-corrected chi connectivity index (χ1v) is 9.30. The third-order valence-corrected chi connectivity index (χ3v) is 4.86. The van der Waals surface area contributed by atoms with Gasteiger partial charge >= 0.3 is 5.97 Å². The minimum Gasteiger partial charge on any atom is -0.465 e. The maximum absolute atomic E-state index is 12.2. The number of carbonyl (C=O) groups excluding carboxylic acids is 2. The highest BCUT2D eigenvalue weighted by Gasteiger charge is 2.12. The molecule has 138 valence electrons. The predicted octanol–water partition coefficient (Wildman–Crippen LogP) is 3.67. The van der Waals surface area contributed by atoms with Gasteiger partial charge in [0.2, 0.25) is 0 Å². The zero-order valence-corrected chi connectivity index (χ0v) is 15.5. The second kappa shape index (κ2) is 8.62. The van der Waals surface area contributed by atoms with Crippen molar-refractivity contribution in [2.45, 2.75) is 6.10 Å². The SMILES string of the molecule is COC(=O)c1ccc(C(=O)NC[C@H](O)c2ccc(-c3ccsc3)cc2)cc1. The van der Waals surface area contributed by atoms with Gasteiger partial charge in [-0.05, 0) is 57.8 Å². The third-order valence-electron chi connectivity index (χ3n) is 4.17. The summed E-state index contributed by atoms with van der Waals surface area (Å²) in [5, 5.41) is 17.1. The van der Waals surface area contributed by atoms with E-state index in [1.165, 1.54) is 19.2 Å². The summed E-state index contributed by atoms with van der Waals surface area (Å²) < 4.78 is 4.62. The van der Waals surface area contributed by atoms with Gasteiger partial charge in [0.25, 0.3) is 5.91 Å². The largest absolute Gasteiger partial charge is 0.465 e. The average Bonchev–Trinajstić information content (AvgIpc) is 3.26. The second-order valence-electron chi connectivity index (χ2n) is 5.93. The summed E-state index contributed by atoms with van der Waals surface area (Å²) in [5.41, 5.74) is 3.74. The van der Waals surface area contributed by atoms with Crippen molar-refractivity contribution < 1.29 is 19.4 Å². The summed E-state index contributed by atoms with van der Waals surface area (Å²) in [7, 11) is 1.30.